The molecule has 1 N–H and O–H groups in total. The van der Waals surface area contributed by atoms with Crippen LogP contribution in [0, 0.1) is 0 Å². The van der Waals surface area contributed by atoms with Crippen LogP contribution in [-0.4, -0.2) is 69.8 Å². The van der Waals surface area contributed by atoms with Gasteiger partial charge in [-0.15, -0.1) is 0 Å². The number of carbonyl (C=O) groups excluding carboxylic acids is 2. The Labute approximate surface area is 146 Å². The lowest BCUT2D eigenvalue weighted by Crippen LogP contribution is -2.51. The fraction of sp³-hybridized carbons (Fsp3) is 0.500. The van der Waals surface area contributed by atoms with Gasteiger partial charge in [0.15, 0.2) is 0 Å². The molecule has 2 aliphatic rings. The van der Waals surface area contributed by atoms with Crippen LogP contribution in [0.15, 0.2) is 30.6 Å². The van der Waals surface area contributed by atoms with E-state index < -0.39 is 0 Å². The Morgan fingerprint density at radius 2 is 1.96 bits per heavy atom. The lowest BCUT2D eigenvalue weighted by molar-refractivity contribution is -0.132. The maximum atomic E-state index is 12.5. The van der Waals surface area contributed by atoms with Crippen molar-refractivity contribution in [3.05, 3.63) is 36.3 Å². The molecule has 2 amide bonds. The Balaban J connectivity index is 1.26. The van der Waals surface area contributed by atoms with Gasteiger partial charge >= 0.3 is 0 Å². The molecule has 4 rings (SSSR count). The van der Waals surface area contributed by atoms with Crippen LogP contribution >= 0.6 is 0 Å². The first-order valence-electron chi connectivity index (χ1n) is 8.89. The Hall–Kier alpha value is -2.41. The number of imidazole rings is 1. The van der Waals surface area contributed by atoms with Crippen molar-refractivity contribution >= 4 is 17.5 Å². The minimum atomic E-state index is 0.102. The summed E-state index contributed by atoms with van der Waals surface area (Å²) < 4.78 is 1.93. The Kier molecular flexibility index (Phi) is 4.40. The molecule has 7 nitrogen and oxygen atoms in total. The number of piperazine rings is 1. The van der Waals surface area contributed by atoms with Crippen molar-refractivity contribution in [2.24, 2.45) is 0 Å². The average molecular weight is 341 g/mol. The van der Waals surface area contributed by atoms with Gasteiger partial charge in [-0.05, 0) is 25.0 Å². The number of amides is 2. The predicted octanol–water partition coefficient (Wildman–Crippen LogP) is 0.300. The largest absolute Gasteiger partial charge is 0.352 e. The van der Waals surface area contributed by atoms with Crippen molar-refractivity contribution in [3.63, 3.8) is 0 Å². The van der Waals surface area contributed by atoms with E-state index in [2.05, 4.69) is 15.2 Å². The van der Waals surface area contributed by atoms with Crippen LogP contribution in [0.4, 0.5) is 0 Å². The van der Waals surface area contributed by atoms with Gasteiger partial charge in [0.1, 0.15) is 5.65 Å². The number of aromatic nitrogens is 2. The Morgan fingerprint density at radius 1 is 1.16 bits per heavy atom. The van der Waals surface area contributed by atoms with E-state index in [0.717, 1.165) is 37.3 Å². The van der Waals surface area contributed by atoms with E-state index in [1.807, 2.05) is 39.9 Å². The highest BCUT2D eigenvalue weighted by atomic mass is 16.2. The van der Waals surface area contributed by atoms with E-state index in [1.165, 1.54) is 0 Å². The highest BCUT2D eigenvalue weighted by Gasteiger charge is 2.26. The normalized spacial score (nSPS) is 18.5. The lowest BCUT2D eigenvalue weighted by atomic mass is 10.2. The summed E-state index contributed by atoms with van der Waals surface area (Å²) in [6, 6.07) is 6.21. The van der Waals surface area contributed by atoms with Crippen LogP contribution in [0.25, 0.3) is 5.65 Å². The van der Waals surface area contributed by atoms with Gasteiger partial charge in [-0.25, -0.2) is 4.98 Å². The maximum Gasteiger partial charge on any atom is 0.234 e. The second-order valence-corrected chi connectivity index (χ2v) is 6.87. The number of rotatable bonds is 5. The first-order valence-corrected chi connectivity index (χ1v) is 8.89. The summed E-state index contributed by atoms with van der Waals surface area (Å²) in [5.74, 6) is 0.206. The van der Waals surface area contributed by atoms with Crippen molar-refractivity contribution in [3.8, 4) is 0 Å². The number of hydrogen-bond donors (Lipinski definition) is 1. The van der Waals surface area contributed by atoms with E-state index in [1.54, 1.807) is 0 Å². The molecule has 0 unspecified atom stereocenters. The standard InChI is InChI=1S/C18H23N5O2/c24-17(20-14-4-5-14)13-21-7-9-22(10-8-21)18(25)11-15-12-23-6-2-1-3-16(23)19-15/h1-3,6,12,14H,4-5,7-11,13H2,(H,20,24). The fourth-order valence-electron chi connectivity index (χ4n) is 3.20. The van der Waals surface area contributed by atoms with Gasteiger partial charge in [0.05, 0.1) is 18.7 Å². The van der Waals surface area contributed by atoms with E-state index in [0.29, 0.717) is 32.1 Å². The molecule has 0 bridgehead atoms. The third-order valence-electron chi connectivity index (χ3n) is 4.78. The Morgan fingerprint density at radius 3 is 2.68 bits per heavy atom. The molecule has 1 aliphatic heterocycles. The van der Waals surface area contributed by atoms with Crippen LogP contribution in [0.1, 0.15) is 18.5 Å². The summed E-state index contributed by atoms with van der Waals surface area (Å²) in [7, 11) is 0. The molecule has 1 saturated carbocycles. The molecule has 1 aliphatic carbocycles. The zero-order valence-electron chi connectivity index (χ0n) is 14.2. The van der Waals surface area contributed by atoms with E-state index in [4.69, 9.17) is 0 Å². The number of carbonyl (C=O) groups is 2. The van der Waals surface area contributed by atoms with Gasteiger partial charge in [-0.3, -0.25) is 14.5 Å². The van der Waals surface area contributed by atoms with Crippen LogP contribution in [0.3, 0.4) is 0 Å². The second kappa shape index (κ2) is 6.84. The van der Waals surface area contributed by atoms with Gasteiger partial charge in [0.25, 0.3) is 0 Å². The van der Waals surface area contributed by atoms with E-state index in [9.17, 15) is 9.59 Å². The van der Waals surface area contributed by atoms with Crippen molar-refractivity contribution < 1.29 is 9.59 Å². The number of fused-ring (bicyclic) bond motifs is 1. The molecule has 25 heavy (non-hydrogen) atoms. The van der Waals surface area contributed by atoms with Gasteiger partial charge in [-0.1, -0.05) is 6.07 Å². The molecule has 0 atom stereocenters. The highest BCUT2D eigenvalue weighted by Crippen LogP contribution is 2.18. The highest BCUT2D eigenvalue weighted by molar-refractivity contribution is 5.79. The van der Waals surface area contributed by atoms with Crippen LogP contribution in [0.2, 0.25) is 0 Å². The minimum Gasteiger partial charge on any atom is -0.352 e. The Bertz CT molecular complexity index is 742. The number of hydrogen-bond acceptors (Lipinski definition) is 4. The topological polar surface area (TPSA) is 70.0 Å². The minimum absolute atomic E-state index is 0.102. The van der Waals surface area contributed by atoms with E-state index >= 15 is 0 Å². The molecule has 7 heteroatoms. The summed E-state index contributed by atoms with van der Waals surface area (Å²) in [5.41, 5.74) is 1.65. The number of nitrogens with one attached hydrogen (secondary N) is 1. The molecule has 0 aromatic carbocycles. The quantitative estimate of drug-likeness (QED) is 0.849. The fourth-order valence-corrected chi connectivity index (χ4v) is 3.20. The van der Waals surface area contributed by atoms with E-state index in [-0.39, 0.29) is 11.8 Å². The summed E-state index contributed by atoms with van der Waals surface area (Å²) >= 11 is 0. The van der Waals surface area contributed by atoms with Crippen molar-refractivity contribution in [1.82, 2.24) is 24.5 Å². The third kappa shape index (κ3) is 3.99. The smallest absolute Gasteiger partial charge is 0.234 e. The molecule has 0 spiro atoms. The van der Waals surface area contributed by atoms with Gasteiger partial charge < -0.3 is 14.6 Å². The number of nitrogens with zero attached hydrogens (tertiary/aromatic N) is 4. The average Bonchev–Trinajstić information content (AvgIpc) is 3.31. The molecule has 3 heterocycles. The summed E-state index contributed by atoms with van der Waals surface area (Å²) in [5, 5.41) is 3.01. The maximum absolute atomic E-state index is 12.5. The van der Waals surface area contributed by atoms with Crippen LogP contribution in [-0.2, 0) is 16.0 Å². The third-order valence-corrected chi connectivity index (χ3v) is 4.78. The van der Waals surface area contributed by atoms with Gasteiger partial charge in [-0.2, -0.15) is 0 Å². The molecule has 2 aromatic heterocycles. The molecule has 132 valence electrons. The van der Waals surface area contributed by atoms with Crippen LogP contribution in [0.5, 0.6) is 0 Å². The molecular weight excluding hydrogens is 318 g/mol. The second-order valence-electron chi connectivity index (χ2n) is 6.87. The van der Waals surface area contributed by atoms with Crippen molar-refractivity contribution in [1.29, 1.82) is 0 Å². The zero-order chi connectivity index (χ0) is 17.2. The molecule has 1 saturated heterocycles. The zero-order valence-corrected chi connectivity index (χ0v) is 14.2. The summed E-state index contributed by atoms with van der Waals surface area (Å²) in [6.07, 6.45) is 6.38. The first-order chi connectivity index (χ1) is 12.2. The summed E-state index contributed by atoms with van der Waals surface area (Å²) in [4.78, 5) is 32.8. The number of pyridine rings is 1. The molecular formula is C18H23N5O2. The molecule has 0 radical (unpaired) electrons. The van der Waals surface area contributed by atoms with Crippen LogP contribution < -0.4 is 5.32 Å². The molecule has 2 fully saturated rings. The van der Waals surface area contributed by atoms with Crippen molar-refractivity contribution in [2.45, 2.75) is 25.3 Å². The summed E-state index contributed by atoms with van der Waals surface area (Å²) in [6.45, 7) is 3.26. The first kappa shape index (κ1) is 16.1. The predicted molar refractivity (Wildman–Crippen MR) is 93.1 cm³/mol. The molecule has 2 aromatic rings. The van der Waals surface area contributed by atoms with Gasteiger partial charge in [0, 0.05) is 44.6 Å². The SMILES string of the molecule is O=C(CN1CCN(C(=O)Cc2cn3ccccc3n2)CC1)NC1CC1. The lowest BCUT2D eigenvalue weighted by Gasteiger charge is -2.34. The monoisotopic (exact) mass is 341 g/mol. The van der Waals surface area contributed by atoms with Crippen molar-refractivity contribution in [2.75, 3.05) is 32.7 Å². The van der Waals surface area contributed by atoms with Gasteiger partial charge in [0.2, 0.25) is 11.8 Å².